The van der Waals surface area contributed by atoms with E-state index in [0.717, 1.165) is 48.3 Å². The van der Waals surface area contributed by atoms with Crippen LogP contribution in [0.2, 0.25) is 0 Å². The summed E-state index contributed by atoms with van der Waals surface area (Å²) < 4.78 is 26.0. The van der Waals surface area contributed by atoms with Crippen molar-refractivity contribution >= 4 is 5.82 Å². The van der Waals surface area contributed by atoms with E-state index in [2.05, 4.69) is 21.1 Å². The monoisotopic (exact) mass is 468 g/mol. The summed E-state index contributed by atoms with van der Waals surface area (Å²) in [6.07, 6.45) is 1.78. The van der Waals surface area contributed by atoms with Crippen LogP contribution in [-0.4, -0.2) is 54.5 Å². The Kier molecular flexibility index (Phi) is 7.87. The van der Waals surface area contributed by atoms with E-state index >= 15 is 4.39 Å². The molecule has 3 N–H and O–H groups in total. The van der Waals surface area contributed by atoms with Gasteiger partial charge in [-0.3, -0.25) is 0 Å². The zero-order valence-electron chi connectivity index (χ0n) is 20.3. The van der Waals surface area contributed by atoms with Crippen LogP contribution in [0.3, 0.4) is 0 Å². The second-order valence-electron chi connectivity index (χ2n) is 8.69. The molecule has 0 bridgehead atoms. The van der Waals surface area contributed by atoms with Crippen molar-refractivity contribution in [2.45, 2.75) is 46.2 Å². The molecule has 2 aromatic heterocycles. The summed E-state index contributed by atoms with van der Waals surface area (Å²) in [5, 5.41) is 14.1. The van der Waals surface area contributed by atoms with Crippen LogP contribution in [0.4, 0.5) is 10.2 Å². The number of likely N-dealkylation sites (N-methyl/N-ethyl adjacent to an activating group) is 1. The molecule has 34 heavy (non-hydrogen) atoms. The molecule has 1 aliphatic rings. The smallest absolute Gasteiger partial charge is 0.165 e. The molecule has 0 spiro atoms. The van der Waals surface area contributed by atoms with Crippen LogP contribution in [-0.2, 0) is 11.3 Å². The first-order valence-corrected chi connectivity index (χ1v) is 11.8. The number of hydrogen-bond donors (Lipinski definition) is 3. The third-order valence-corrected chi connectivity index (χ3v) is 6.13. The molecule has 1 saturated heterocycles. The third kappa shape index (κ3) is 5.43. The zero-order chi connectivity index (χ0) is 24.1. The zero-order valence-corrected chi connectivity index (χ0v) is 20.3. The van der Waals surface area contributed by atoms with Crippen molar-refractivity contribution in [1.82, 2.24) is 25.8 Å². The van der Waals surface area contributed by atoms with Crippen molar-refractivity contribution in [3.8, 4) is 22.6 Å². The summed E-state index contributed by atoms with van der Waals surface area (Å²) in [4.78, 5) is 9.62. The average Bonchev–Trinajstić information content (AvgIpc) is 3.17. The highest BCUT2D eigenvalue weighted by atomic mass is 19.1. The van der Waals surface area contributed by atoms with E-state index in [1.807, 2.05) is 33.9 Å². The van der Waals surface area contributed by atoms with Gasteiger partial charge >= 0.3 is 0 Å². The second kappa shape index (κ2) is 11.0. The molecular weight excluding hydrogens is 435 g/mol. The Labute approximate surface area is 199 Å². The molecule has 3 aromatic rings. The lowest BCUT2D eigenvalue weighted by atomic mass is 10.0. The minimum Gasteiger partial charge on any atom is -0.381 e. The van der Waals surface area contributed by atoms with Gasteiger partial charge in [-0.05, 0) is 58.4 Å². The van der Waals surface area contributed by atoms with Gasteiger partial charge in [0.05, 0.1) is 22.5 Å². The molecule has 3 heterocycles. The number of aryl methyl sites for hydroxylation is 2. The Balaban J connectivity index is 1.76. The summed E-state index contributed by atoms with van der Waals surface area (Å²) >= 11 is 0. The molecule has 0 aliphatic carbocycles. The van der Waals surface area contributed by atoms with Crippen molar-refractivity contribution in [3.05, 3.63) is 46.6 Å². The van der Waals surface area contributed by atoms with E-state index in [-0.39, 0.29) is 11.9 Å². The molecule has 8 nitrogen and oxygen atoms in total. The summed E-state index contributed by atoms with van der Waals surface area (Å²) in [5.41, 5.74) is 4.49. The largest absolute Gasteiger partial charge is 0.381 e. The highest BCUT2D eigenvalue weighted by Crippen LogP contribution is 2.34. The highest BCUT2D eigenvalue weighted by Gasteiger charge is 2.23. The number of benzene rings is 1. The number of anilines is 1. The van der Waals surface area contributed by atoms with E-state index in [0.29, 0.717) is 48.4 Å². The fraction of sp³-hybridized carbons (Fsp3) is 0.480. The van der Waals surface area contributed by atoms with Crippen LogP contribution < -0.4 is 16.0 Å². The molecule has 9 heteroatoms. The molecular formula is C25H33FN6O2. The van der Waals surface area contributed by atoms with Crippen LogP contribution in [0.25, 0.3) is 22.6 Å². The summed E-state index contributed by atoms with van der Waals surface area (Å²) in [5.74, 6) is 1.35. The van der Waals surface area contributed by atoms with Gasteiger partial charge in [0.25, 0.3) is 0 Å². The van der Waals surface area contributed by atoms with Crippen LogP contribution in [0.5, 0.6) is 0 Å². The first-order chi connectivity index (χ1) is 16.5. The van der Waals surface area contributed by atoms with E-state index in [1.165, 1.54) is 6.07 Å². The Morgan fingerprint density at radius 3 is 2.59 bits per heavy atom. The molecule has 182 valence electrons. The minimum absolute atomic E-state index is 0.236. The number of ether oxygens (including phenoxy) is 1. The predicted molar refractivity (Wildman–Crippen MR) is 130 cm³/mol. The first kappa shape index (κ1) is 24.3. The van der Waals surface area contributed by atoms with Crippen LogP contribution in [0.1, 0.15) is 35.4 Å². The molecule has 0 radical (unpaired) electrons. The van der Waals surface area contributed by atoms with Gasteiger partial charge in [0.15, 0.2) is 5.82 Å². The van der Waals surface area contributed by atoms with Gasteiger partial charge in [-0.2, -0.15) is 0 Å². The van der Waals surface area contributed by atoms with Gasteiger partial charge in [-0.1, -0.05) is 11.2 Å². The van der Waals surface area contributed by atoms with E-state index in [9.17, 15) is 0 Å². The van der Waals surface area contributed by atoms with Crippen molar-refractivity contribution in [1.29, 1.82) is 0 Å². The SMILES string of the molecule is CNCCNCc1ccc(F)c(-c2nc(NC3CCOCC3)c(C)c(-c3c(C)noc3C)n2)c1. The van der Waals surface area contributed by atoms with Gasteiger partial charge in [-0.15, -0.1) is 0 Å². The molecule has 0 unspecified atom stereocenters. The molecule has 0 amide bonds. The van der Waals surface area contributed by atoms with Gasteiger partial charge in [-0.25, -0.2) is 14.4 Å². The number of halogens is 1. The Hall–Kier alpha value is -2.88. The molecule has 0 saturated carbocycles. The number of hydrogen-bond acceptors (Lipinski definition) is 8. The van der Waals surface area contributed by atoms with Gasteiger partial charge in [0.1, 0.15) is 17.4 Å². The Bertz CT molecular complexity index is 1110. The van der Waals surface area contributed by atoms with Crippen molar-refractivity contribution in [3.63, 3.8) is 0 Å². The Morgan fingerprint density at radius 2 is 1.88 bits per heavy atom. The van der Waals surface area contributed by atoms with Gasteiger partial charge < -0.3 is 25.2 Å². The fourth-order valence-electron chi connectivity index (χ4n) is 4.18. The van der Waals surface area contributed by atoms with Crippen molar-refractivity contribution in [2.24, 2.45) is 0 Å². The Morgan fingerprint density at radius 1 is 1.09 bits per heavy atom. The van der Waals surface area contributed by atoms with Crippen LogP contribution >= 0.6 is 0 Å². The number of rotatable bonds is 9. The standard InChI is InChI=1S/C25H33FN6O2/c1-15-23(22-16(2)32-34-17(22)3)30-25(31-24(15)29-19-7-11-33-12-8-19)20-13-18(5-6-21(20)26)14-28-10-9-27-4/h5-6,13,19,27-28H,7-12,14H2,1-4H3,(H,29,30,31). The molecule has 1 fully saturated rings. The lowest BCUT2D eigenvalue weighted by molar-refractivity contribution is 0.0904. The molecule has 1 aromatic carbocycles. The number of nitrogens with one attached hydrogen (secondary N) is 3. The summed E-state index contributed by atoms with van der Waals surface area (Å²) in [6, 6.07) is 5.33. The molecule has 4 rings (SSSR count). The highest BCUT2D eigenvalue weighted by molar-refractivity contribution is 5.74. The van der Waals surface area contributed by atoms with Crippen molar-refractivity contribution in [2.75, 3.05) is 38.7 Å². The van der Waals surface area contributed by atoms with Crippen LogP contribution in [0.15, 0.2) is 22.7 Å². The average molecular weight is 469 g/mol. The number of nitrogens with zero attached hydrogens (tertiary/aromatic N) is 3. The quantitative estimate of drug-likeness (QED) is 0.409. The molecule has 1 aliphatic heterocycles. The van der Waals surface area contributed by atoms with Crippen molar-refractivity contribution < 1.29 is 13.7 Å². The maximum atomic E-state index is 15.0. The fourth-order valence-corrected chi connectivity index (χ4v) is 4.18. The van der Waals surface area contributed by atoms with Gasteiger partial charge in [0.2, 0.25) is 0 Å². The van der Waals surface area contributed by atoms with Gasteiger partial charge in [0, 0.05) is 44.5 Å². The molecule has 0 atom stereocenters. The van der Waals surface area contributed by atoms with E-state index in [1.54, 1.807) is 6.07 Å². The lowest BCUT2D eigenvalue weighted by Gasteiger charge is -2.25. The number of aromatic nitrogens is 3. The summed E-state index contributed by atoms with van der Waals surface area (Å²) in [7, 11) is 1.91. The van der Waals surface area contributed by atoms with E-state index in [4.69, 9.17) is 19.2 Å². The maximum Gasteiger partial charge on any atom is 0.165 e. The van der Waals surface area contributed by atoms with Crippen LogP contribution in [0, 0.1) is 26.6 Å². The third-order valence-electron chi connectivity index (χ3n) is 6.13. The van der Waals surface area contributed by atoms with E-state index < -0.39 is 0 Å². The predicted octanol–water partition coefficient (Wildman–Crippen LogP) is 3.76. The normalized spacial score (nSPS) is 14.5. The maximum absolute atomic E-state index is 15.0. The second-order valence-corrected chi connectivity index (χ2v) is 8.69. The minimum atomic E-state index is -0.357. The first-order valence-electron chi connectivity index (χ1n) is 11.8. The topological polar surface area (TPSA) is 97.1 Å². The summed E-state index contributed by atoms with van der Waals surface area (Å²) in [6.45, 7) is 9.45. The lowest BCUT2D eigenvalue weighted by Crippen LogP contribution is -2.28.